The molecule has 3 N–H and O–H groups in total. The van der Waals surface area contributed by atoms with Crippen LogP contribution < -0.4 is 14.4 Å². The summed E-state index contributed by atoms with van der Waals surface area (Å²) in [5, 5.41) is 46.3. The first kappa shape index (κ1) is 104. The first-order chi connectivity index (χ1) is 67.3. The van der Waals surface area contributed by atoms with E-state index in [0.29, 0.717) is 141 Å². The molecule has 139 heavy (non-hydrogen) atoms. The molecule has 0 saturated heterocycles. The fourth-order valence-electron chi connectivity index (χ4n) is 18.0. The predicted molar refractivity (Wildman–Crippen MR) is 547 cm³/mol. The lowest BCUT2D eigenvalue weighted by atomic mass is 9.93. The lowest BCUT2D eigenvalue weighted by molar-refractivity contribution is 0.0539. The number of hydrogen-bond acceptors (Lipinski definition) is 18. The van der Waals surface area contributed by atoms with E-state index in [0.717, 1.165) is 150 Å². The second-order valence-electron chi connectivity index (χ2n) is 35.9. The van der Waals surface area contributed by atoms with Gasteiger partial charge in [-0.2, -0.15) is 15.3 Å². The number of aliphatic hydroxyl groups excluding tert-OH is 3. The highest BCUT2D eigenvalue weighted by atomic mass is 35.5. The SMILES string of the molecule is CCCCN(CCCC)C(=O)c1nn(-c2ccc(-c3ccc(N(C)C)nc3)cc2C(=O)N2Cc3ccccc3C[C@H]2CO)c(C)c1Cl.CCCCN(CCCC)C(=O)c1nn(-c2ccc(-c3ccc(OC)nc3)cc2C(=O)N2Cc3ccccc3C[C@H]2CO)c(C)c1Cl.CCCCN(CCCC)C(=O)c1nn(-c2ccc(-c3ccncc3OC)cc2C(=O)N2Cc3ccccc3C[C@H]2CO)c(C)c1Cl. The van der Waals surface area contributed by atoms with E-state index in [2.05, 4.69) is 56.5 Å². The molecule has 0 bridgehead atoms. The molecule has 3 atom stereocenters. The average molecular weight is 1950 g/mol. The third kappa shape index (κ3) is 23.6. The summed E-state index contributed by atoms with van der Waals surface area (Å²) in [5.41, 5.74) is 16.1. The lowest BCUT2D eigenvalue weighted by Crippen LogP contribution is -2.46. The molecule has 0 aliphatic carbocycles. The van der Waals surface area contributed by atoms with Crippen molar-refractivity contribution in [3.8, 4) is 62.1 Å². The monoisotopic (exact) mass is 1940 g/mol. The minimum atomic E-state index is -0.403. The number of hydrogen-bond donors (Lipinski definition) is 3. The molecule has 0 spiro atoms. The van der Waals surface area contributed by atoms with Crippen molar-refractivity contribution in [3.63, 3.8) is 0 Å². The van der Waals surface area contributed by atoms with Gasteiger partial charge in [-0.25, -0.2) is 24.0 Å². The maximum Gasteiger partial charge on any atom is 0.275 e. The number of halogens is 3. The molecular formula is C109H129Cl3N16O11. The minimum Gasteiger partial charge on any atom is -0.494 e. The van der Waals surface area contributed by atoms with Gasteiger partial charge in [-0.15, -0.1) is 0 Å². The molecule has 0 saturated carbocycles. The van der Waals surface area contributed by atoms with Crippen LogP contribution in [-0.4, -0.2) is 230 Å². The van der Waals surface area contributed by atoms with E-state index >= 15 is 0 Å². The number of aromatic nitrogens is 9. The highest BCUT2D eigenvalue weighted by Crippen LogP contribution is 2.40. The van der Waals surface area contributed by atoms with Gasteiger partial charge in [0, 0.05) is 114 Å². The van der Waals surface area contributed by atoms with Crippen molar-refractivity contribution < 1.29 is 53.6 Å². The van der Waals surface area contributed by atoms with Crippen molar-refractivity contribution >= 4 is 76.1 Å². The summed E-state index contributed by atoms with van der Waals surface area (Å²) in [5.74, 6) is 0.499. The molecule has 30 heteroatoms. The Hall–Kier alpha value is -12.6. The molecule has 3 aliphatic heterocycles. The Labute approximate surface area is 830 Å². The van der Waals surface area contributed by atoms with Crippen molar-refractivity contribution in [2.45, 2.75) is 196 Å². The standard InChI is InChI=1S/C37H45ClN6O3.2C36H42ClN5O4/c1-6-8-18-42(19-9-7-2)37(47)35-34(38)25(3)44(40-35)32-16-14-27(28-15-17-33(39-22-28)41(4)5)21-31(32)36(46)43-23-29-13-11-10-12-26(29)20-30(43)24-45;1-5-7-17-40(18-8-6-2)36(45)34-33(37)24(3)42(39-34)31-15-13-26(27-14-16-32(46-4)38-21-27)20-30(31)35(44)41-22-28-12-10-9-11-25(28)19-29(41)23-43;1-5-7-17-40(18-8-6-2)36(45)34-33(37)24(3)42(39-34)31-14-13-26(29-15-16-38-21-32(29)46-4)20-30(31)35(44)41-22-27-12-10-9-11-25(27)19-28(41)23-43/h10-17,21-22,30,45H,6-9,18-20,23-24H2,1-5H3;9-16,20-21,29,43H,5-8,17-19,22-23H2,1-4H3;9-16,20-21,28,43H,5-8,17-19,22-23H2,1-4H3/t30-;29-;28-/m000/s1. The Morgan fingerprint density at radius 3 is 1.00 bits per heavy atom. The normalized spacial score (nSPS) is 14.2. The maximum absolute atomic E-state index is 14.6. The van der Waals surface area contributed by atoms with Crippen LogP contribution in [0.15, 0.2) is 183 Å². The Bertz CT molecular complexity index is 6270. The van der Waals surface area contributed by atoms with E-state index in [4.69, 9.17) is 59.6 Å². The number of anilines is 1. The van der Waals surface area contributed by atoms with E-state index in [9.17, 15) is 44.1 Å². The van der Waals surface area contributed by atoms with Crippen molar-refractivity contribution in [3.05, 3.63) is 282 Å². The van der Waals surface area contributed by atoms with Crippen LogP contribution in [0.1, 0.15) is 232 Å². The molecule has 732 valence electrons. The zero-order valence-corrected chi connectivity index (χ0v) is 84.3. The van der Waals surface area contributed by atoms with E-state index in [1.54, 1.807) is 87.7 Å². The van der Waals surface area contributed by atoms with Gasteiger partial charge < -0.3 is 59.1 Å². The molecule has 12 aromatic rings. The molecule has 9 heterocycles. The largest absolute Gasteiger partial charge is 0.494 e. The average Bonchev–Trinajstić information content (AvgIpc) is 1.71. The molecule has 27 nitrogen and oxygen atoms in total. The molecular weight excluding hydrogens is 1820 g/mol. The van der Waals surface area contributed by atoms with E-state index < -0.39 is 12.1 Å². The highest BCUT2D eigenvalue weighted by molar-refractivity contribution is 6.35. The quantitative estimate of drug-likeness (QED) is 0.0329. The van der Waals surface area contributed by atoms with Crippen LogP contribution in [0.2, 0.25) is 15.1 Å². The van der Waals surface area contributed by atoms with Crippen molar-refractivity contribution in [2.24, 2.45) is 0 Å². The topological polar surface area (TPSA) is 296 Å². The van der Waals surface area contributed by atoms with E-state index in [1.165, 1.54) is 0 Å². The zero-order chi connectivity index (χ0) is 99.3. The van der Waals surface area contributed by atoms with Gasteiger partial charge in [0.05, 0.1) is 124 Å². The summed E-state index contributed by atoms with van der Waals surface area (Å²) in [6, 6.07) is 48.9. The van der Waals surface area contributed by atoms with Gasteiger partial charge in [0.25, 0.3) is 35.4 Å². The Kier molecular flexibility index (Phi) is 36.4. The maximum atomic E-state index is 14.6. The number of unbranched alkanes of at least 4 members (excludes halogenated alkanes) is 6. The number of nitrogens with zero attached hydrogens (tertiary/aromatic N) is 16. The smallest absolute Gasteiger partial charge is 0.275 e. The van der Waals surface area contributed by atoms with E-state index in [1.807, 2.05) is 192 Å². The van der Waals surface area contributed by atoms with Crippen LogP contribution in [0.4, 0.5) is 5.82 Å². The number of benzene rings is 6. The van der Waals surface area contributed by atoms with Crippen molar-refractivity contribution in [2.75, 3.05) is 92.3 Å². The van der Waals surface area contributed by atoms with Gasteiger partial charge >= 0.3 is 0 Å². The molecule has 6 amide bonds. The van der Waals surface area contributed by atoms with Gasteiger partial charge in [-0.05, 0) is 189 Å². The number of rotatable bonds is 36. The van der Waals surface area contributed by atoms with Gasteiger partial charge in [-0.3, -0.25) is 33.8 Å². The van der Waals surface area contributed by atoms with Crippen LogP contribution in [0.25, 0.3) is 50.4 Å². The van der Waals surface area contributed by atoms with Crippen LogP contribution >= 0.6 is 34.8 Å². The molecule has 0 fully saturated rings. The second kappa shape index (κ2) is 48.8. The summed E-state index contributed by atoms with van der Waals surface area (Å²) in [6.45, 7) is 22.4. The number of amides is 6. The number of carbonyl (C=O) groups excluding carboxylic acids is 6. The fraction of sp³-hybridized carbons (Fsp3) is 0.394. The number of fused-ring (bicyclic) bond motifs is 3. The number of methoxy groups -OCH3 is 2. The van der Waals surface area contributed by atoms with Crippen LogP contribution in [0.3, 0.4) is 0 Å². The van der Waals surface area contributed by atoms with Crippen LogP contribution in [-0.2, 0) is 38.9 Å². The van der Waals surface area contributed by atoms with Crippen molar-refractivity contribution in [1.82, 2.24) is 73.7 Å². The molecule has 6 aromatic carbocycles. The van der Waals surface area contributed by atoms with Gasteiger partial charge in [0.15, 0.2) is 17.1 Å². The molecule has 3 aliphatic rings. The summed E-state index contributed by atoms with van der Waals surface area (Å²) in [6.07, 6.45) is 19.6. The first-order valence-corrected chi connectivity index (χ1v) is 49.6. The number of pyridine rings is 3. The van der Waals surface area contributed by atoms with Crippen LogP contribution in [0, 0.1) is 20.8 Å². The van der Waals surface area contributed by atoms with Crippen molar-refractivity contribution in [1.29, 1.82) is 0 Å². The molecule has 0 radical (unpaired) electrons. The first-order valence-electron chi connectivity index (χ1n) is 48.5. The Balaban J connectivity index is 0.000000176. The molecule has 0 unspecified atom stereocenters. The molecule has 15 rings (SSSR count). The predicted octanol–water partition coefficient (Wildman–Crippen LogP) is 19.6. The number of aliphatic hydroxyl groups is 3. The Morgan fingerprint density at radius 1 is 0.388 bits per heavy atom. The highest BCUT2D eigenvalue weighted by Gasteiger charge is 2.39. The number of carbonyl (C=O) groups is 6. The fourth-order valence-corrected chi connectivity index (χ4v) is 18.6. The number of ether oxygens (including phenoxy) is 2. The zero-order valence-electron chi connectivity index (χ0n) is 82.0. The summed E-state index contributed by atoms with van der Waals surface area (Å²) >= 11 is 20.5. The minimum absolute atomic E-state index is 0.165. The van der Waals surface area contributed by atoms with E-state index in [-0.39, 0.29) is 93.5 Å². The Morgan fingerprint density at radius 2 is 0.705 bits per heavy atom. The summed E-state index contributed by atoms with van der Waals surface area (Å²) in [4.78, 5) is 111. The third-order valence-corrected chi connectivity index (χ3v) is 27.6. The third-order valence-electron chi connectivity index (χ3n) is 26.3. The lowest BCUT2D eigenvalue weighted by Gasteiger charge is -2.36. The summed E-state index contributed by atoms with van der Waals surface area (Å²) in [7, 11) is 7.01. The van der Waals surface area contributed by atoms with Crippen LogP contribution in [0.5, 0.6) is 11.6 Å². The van der Waals surface area contributed by atoms with Gasteiger partial charge in [0.1, 0.15) is 11.6 Å². The van der Waals surface area contributed by atoms with Gasteiger partial charge in [-0.1, -0.05) is 206 Å². The second-order valence-corrected chi connectivity index (χ2v) is 37.0. The van der Waals surface area contributed by atoms with Gasteiger partial charge in [0.2, 0.25) is 5.88 Å². The molecule has 6 aromatic heterocycles. The summed E-state index contributed by atoms with van der Waals surface area (Å²) < 4.78 is 15.6.